The zero-order valence-corrected chi connectivity index (χ0v) is 8.75. The number of hydrogen-bond donors (Lipinski definition) is 1. The molecule has 1 aromatic carbocycles. The number of phenolic OH excluding ortho intramolecular Hbond substituents is 1. The molecule has 0 spiro atoms. The second-order valence-electron chi connectivity index (χ2n) is 3.43. The molecule has 5 heteroatoms. The minimum Gasteiger partial charge on any atom is -0.507 e. The summed E-state index contributed by atoms with van der Waals surface area (Å²) < 4.78 is 3.84. The fraction of sp³-hybridized carbons (Fsp3) is 0. The Morgan fingerprint density at radius 3 is 2.75 bits per heavy atom. The van der Waals surface area contributed by atoms with Crippen LogP contribution < -0.4 is 0 Å². The average molecular weight is 231 g/mol. The molecule has 0 saturated carbocycles. The number of aromatic nitrogens is 1. The molecule has 1 aliphatic carbocycles. The van der Waals surface area contributed by atoms with E-state index in [0.29, 0.717) is 10.4 Å². The van der Waals surface area contributed by atoms with Gasteiger partial charge in [0.25, 0.3) is 0 Å². The maximum Gasteiger partial charge on any atom is 0.209 e. The van der Waals surface area contributed by atoms with Crippen LogP contribution in [0.4, 0.5) is 0 Å². The molecule has 0 unspecified atom stereocenters. The molecule has 1 aromatic heterocycles. The van der Waals surface area contributed by atoms with Gasteiger partial charge < -0.3 is 5.11 Å². The highest BCUT2D eigenvalue weighted by molar-refractivity contribution is 7.08. The van der Waals surface area contributed by atoms with Gasteiger partial charge >= 0.3 is 0 Å². The fourth-order valence-electron chi connectivity index (χ4n) is 1.79. The number of benzene rings is 1. The van der Waals surface area contributed by atoms with E-state index in [1.54, 1.807) is 6.07 Å². The Bertz CT molecular complexity index is 630. The fourth-order valence-corrected chi connectivity index (χ4v) is 2.48. The molecule has 0 atom stereocenters. The molecule has 0 saturated heterocycles. The molecular weight excluding hydrogens is 226 g/mol. The summed E-state index contributed by atoms with van der Waals surface area (Å²) in [6, 6.07) is 4.48. The maximum atomic E-state index is 12.0. The van der Waals surface area contributed by atoms with Crippen LogP contribution in [-0.2, 0) is 0 Å². The van der Waals surface area contributed by atoms with E-state index in [-0.39, 0.29) is 28.4 Å². The van der Waals surface area contributed by atoms with E-state index in [2.05, 4.69) is 4.37 Å². The molecule has 0 amide bonds. The average Bonchev–Trinajstić information content (AvgIpc) is 2.75. The second-order valence-corrected chi connectivity index (χ2v) is 4.23. The SMILES string of the molecule is O=C1c2cnsc2C(=O)c2c(O)cccc21. The Kier molecular flexibility index (Phi) is 1.73. The van der Waals surface area contributed by atoms with Gasteiger partial charge in [0.15, 0.2) is 5.78 Å². The highest BCUT2D eigenvalue weighted by Gasteiger charge is 2.33. The van der Waals surface area contributed by atoms with Crippen LogP contribution in [0.2, 0.25) is 0 Å². The van der Waals surface area contributed by atoms with Crippen molar-refractivity contribution in [2.24, 2.45) is 0 Å². The van der Waals surface area contributed by atoms with Crippen LogP contribution in [0.3, 0.4) is 0 Å². The Hall–Kier alpha value is -2.01. The standard InChI is InChI=1S/C11H5NO3S/c13-7-3-1-2-5-8(7)10(15)11-6(9(5)14)4-12-16-11/h1-4,13H. The summed E-state index contributed by atoms with van der Waals surface area (Å²) in [7, 11) is 0. The number of hydrogen-bond acceptors (Lipinski definition) is 5. The molecule has 78 valence electrons. The van der Waals surface area contributed by atoms with Crippen LogP contribution >= 0.6 is 11.5 Å². The lowest BCUT2D eigenvalue weighted by atomic mass is 9.89. The number of fused-ring (bicyclic) bond motifs is 2. The zero-order chi connectivity index (χ0) is 11.3. The van der Waals surface area contributed by atoms with Gasteiger partial charge in [-0.25, -0.2) is 0 Å². The van der Waals surface area contributed by atoms with Crippen LogP contribution in [0.1, 0.15) is 31.2 Å². The van der Waals surface area contributed by atoms with Crippen molar-refractivity contribution in [3.05, 3.63) is 46.0 Å². The van der Waals surface area contributed by atoms with Gasteiger partial charge in [-0.3, -0.25) is 9.59 Å². The molecule has 1 N–H and O–H groups in total. The quantitative estimate of drug-likeness (QED) is 0.638. The van der Waals surface area contributed by atoms with Gasteiger partial charge in [0.1, 0.15) is 10.6 Å². The summed E-state index contributed by atoms with van der Waals surface area (Å²) in [5.41, 5.74) is 0.662. The molecule has 3 rings (SSSR count). The van der Waals surface area contributed by atoms with Gasteiger partial charge in [-0.05, 0) is 17.6 Å². The van der Waals surface area contributed by atoms with Crippen LogP contribution in [0.5, 0.6) is 5.75 Å². The molecule has 1 heterocycles. The van der Waals surface area contributed by atoms with E-state index in [1.807, 2.05) is 0 Å². The molecule has 16 heavy (non-hydrogen) atoms. The lowest BCUT2D eigenvalue weighted by Crippen LogP contribution is -2.18. The number of ketones is 2. The van der Waals surface area contributed by atoms with E-state index in [9.17, 15) is 14.7 Å². The first-order valence-corrected chi connectivity index (χ1v) is 5.33. The van der Waals surface area contributed by atoms with Crippen molar-refractivity contribution < 1.29 is 14.7 Å². The molecule has 4 nitrogen and oxygen atoms in total. The monoisotopic (exact) mass is 231 g/mol. The van der Waals surface area contributed by atoms with Crippen molar-refractivity contribution in [1.29, 1.82) is 0 Å². The van der Waals surface area contributed by atoms with Crippen LogP contribution in [0, 0.1) is 0 Å². The molecule has 2 aromatic rings. The molecule has 0 aliphatic heterocycles. The highest BCUT2D eigenvalue weighted by Crippen LogP contribution is 2.33. The summed E-state index contributed by atoms with van der Waals surface area (Å²) >= 11 is 0.978. The van der Waals surface area contributed by atoms with E-state index in [0.717, 1.165) is 11.5 Å². The molecule has 1 aliphatic rings. The first-order valence-electron chi connectivity index (χ1n) is 4.56. The van der Waals surface area contributed by atoms with Gasteiger partial charge in [-0.1, -0.05) is 12.1 Å². The molecule has 0 radical (unpaired) electrons. The van der Waals surface area contributed by atoms with E-state index >= 15 is 0 Å². The predicted octanol–water partition coefficient (Wildman–Crippen LogP) is 1.62. The third kappa shape index (κ3) is 1.00. The summed E-state index contributed by atoms with van der Waals surface area (Å²) in [6.07, 6.45) is 1.40. The van der Waals surface area contributed by atoms with Gasteiger partial charge in [-0.15, -0.1) is 0 Å². The third-order valence-corrected chi connectivity index (χ3v) is 3.33. The Morgan fingerprint density at radius 2 is 1.94 bits per heavy atom. The maximum absolute atomic E-state index is 12.0. The van der Waals surface area contributed by atoms with Crippen LogP contribution in [0.25, 0.3) is 0 Å². The third-order valence-electron chi connectivity index (χ3n) is 2.54. The number of rotatable bonds is 0. The first kappa shape index (κ1) is 9.23. The number of carbonyl (C=O) groups is 2. The molecule has 0 bridgehead atoms. The minimum atomic E-state index is -0.329. The minimum absolute atomic E-state index is 0.0873. The van der Waals surface area contributed by atoms with E-state index in [4.69, 9.17) is 0 Å². The van der Waals surface area contributed by atoms with E-state index < -0.39 is 0 Å². The van der Waals surface area contributed by atoms with Gasteiger partial charge in [0.2, 0.25) is 5.78 Å². The Labute approximate surface area is 94.3 Å². The van der Waals surface area contributed by atoms with Gasteiger partial charge in [0, 0.05) is 5.56 Å². The highest BCUT2D eigenvalue weighted by atomic mass is 32.1. The Balaban J connectivity index is 2.38. The number of nitrogens with zero attached hydrogens (tertiary/aromatic N) is 1. The summed E-state index contributed by atoms with van der Waals surface area (Å²) in [5, 5.41) is 9.62. The van der Waals surface area contributed by atoms with Crippen LogP contribution in [0.15, 0.2) is 24.4 Å². The predicted molar refractivity (Wildman–Crippen MR) is 57.1 cm³/mol. The molecular formula is C11H5NO3S. The van der Waals surface area contributed by atoms with Crippen molar-refractivity contribution in [2.45, 2.75) is 0 Å². The van der Waals surface area contributed by atoms with Gasteiger partial charge in [0.05, 0.1) is 17.3 Å². The number of carbonyl (C=O) groups excluding carboxylic acids is 2. The lowest BCUT2D eigenvalue weighted by Gasteiger charge is -2.13. The zero-order valence-electron chi connectivity index (χ0n) is 7.93. The topological polar surface area (TPSA) is 67.3 Å². The smallest absolute Gasteiger partial charge is 0.209 e. The van der Waals surface area contributed by atoms with Crippen molar-refractivity contribution in [2.75, 3.05) is 0 Å². The molecule has 0 fully saturated rings. The first-order chi connectivity index (χ1) is 7.70. The number of phenols is 1. The van der Waals surface area contributed by atoms with Crippen LogP contribution in [-0.4, -0.2) is 21.0 Å². The van der Waals surface area contributed by atoms with Crippen molar-refractivity contribution in [3.63, 3.8) is 0 Å². The van der Waals surface area contributed by atoms with Gasteiger partial charge in [-0.2, -0.15) is 4.37 Å². The lowest BCUT2D eigenvalue weighted by molar-refractivity contribution is 0.0980. The van der Waals surface area contributed by atoms with Crippen molar-refractivity contribution in [3.8, 4) is 5.75 Å². The summed E-state index contributed by atoms with van der Waals surface area (Å²) in [6.45, 7) is 0. The Morgan fingerprint density at radius 1 is 1.12 bits per heavy atom. The van der Waals surface area contributed by atoms with E-state index in [1.165, 1.54) is 18.3 Å². The van der Waals surface area contributed by atoms with Crippen molar-refractivity contribution in [1.82, 2.24) is 4.37 Å². The summed E-state index contributed by atoms with van der Waals surface area (Å²) in [4.78, 5) is 24.3. The normalized spacial score (nSPS) is 13.5. The summed E-state index contributed by atoms with van der Waals surface area (Å²) in [5.74, 6) is -0.741. The van der Waals surface area contributed by atoms with Crippen molar-refractivity contribution >= 4 is 23.1 Å². The second kappa shape index (κ2) is 2.99. The number of aromatic hydroxyl groups is 1. The largest absolute Gasteiger partial charge is 0.507 e.